The van der Waals surface area contributed by atoms with Crippen molar-refractivity contribution in [2.45, 2.75) is 38.1 Å². The Balaban J connectivity index is 1.49. The fraction of sp³-hybridized carbons (Fsp3) is 0.556. The van der Waals surface area contributed by atoms with E-state index < -0.39 is 0 Å². The molecule has 0 bridgehead atoms. The Morgan fingerprint density at radius 1 is 1.33 bits per heavy atom. The molecular formula is C18H23FN2. The maximum absolute atomic E-state index is 13.6. The lowest BCUT2D eigenvalue weighted by Gasteiger charge is -2.59. The second kappa shape index (κ2) is 4.57. The second-order valence-corrected chi connectivity index (χ2v) is 7.42. The van der Waals surface area contributed by atoms with Gasteiger partial charge in [0.1, 0.15) is 5.82 Å². The van der Waals surface area contributed by atoms with Crippen molar-refractivity contribution in [3.05, 3.63) is 41.7 Å². The Kier molecular flexibility index (Phi) is 2.90. The molecule has 1 heterocycles. The van der Waals surface area contributed by atoms with Gasteiger partial charge in [0.05, 0.1) is 0 Å². The van der Waals surface area contributed by atoms with Crippen molar-refractivity contribution in [2.75, 3.05) is 13.1 Å². The Bertz CT molecular complexity index is 577. The first-order chi connectivity index (χ1) is 10.0. The van der Waals surface area contributed by atoms with Gasteiger partial charge in [0.25, 0.3) is 0 Å². The van der Waals surface area contributed by atoms with Crippen LogP contribution in [0, 0.1) is 17.2 Å². The number of hydrogen-bond acceptors (Lipinski definition) is 2. The molecule has 2 saturated carbocycles. The summed E-state index contributed by atoms with van der Waals surface area (Å²) in [6.45, 7) is 6.42. The molecule has 21 heavy (non-hydrogen) atoms. The van der Waals surface area contributed by atoms with E-state index in [1.807, 2.05) is 6.07 Å². The minimum absolute atomic E-state index is 0.132. The monoisotopic (exact) mass is 286 g/mol. The fourth-order valence-electron chi connectivity index (χ4n) is 4.08. The van der Waals surface area contributed by atoms with Crippen LogP contribution in [0.25, 0.3) is 5.70 Å². The molecule has 1 spiro atoms. The Hall–Kier alpha value is -1.35. The van der Waals surface area contributed by atoms with Gasteiger partial charge in [0, 0.05) is 35.8 Å². The number of rotatable bonds is 4. The highest BCUT2D eigenvalue weighted by molar-refractivity contribution is 5.66. The first-order valence-electron chi connectivity index (χ1n) is 8.03. The highest BCUT2D eigenvalue weighted by atomic mass is 19.1. The molecule has 2 nitrogen and oxygen atoms in total. The van der Waals surface area contributed by atoms with Crippen LogP contribution in [0.2, 0.25) is 0 Å². The van der Waals surface area contributed by atoms with Crippen molar-refractivity contribution in [1.82, 2.24) is 4.90 Å². The largest absolute Gasteiger partial charge is 0.370 e. The molecule has 1 aliphatic heterocycles. The van der Waals surface area contributed by atoms with E-state index in [9.17, 15) is 4.39 Å². The molecule has 0 unspecified atom stereocenters. The number of nitrogens with two attached hydrogens (primary N) is 1. The molecule has 0 atom stereocenters. The third-order valence-electron chi connectivity index (χ3n) is 5.41. The van der Waals surface area contributed by atoms with Crippen LogP contribution < -0.4 is 5.73 Å². The van der Waals surface area contributed by atoms with E-state index in [2.05, 4.69) is 11.5 Å². The Morgan fingerprint density at radius 3 is 2.67 bits per heavy atom. The fourth-order valence-corrected chi connectivity index (χ4v) is 4.08. The molecule has 4 rings (SSSR count). The number of likely N-dealkylation sites (tertiary alicyclic amines) is 1. The smallest absolute Gasteiger partial charge is 0.123 e. The summed E-state index contributed by atoms with van der Waals surface area (Å²) in [6.07, 6.45) is 5.86. The van der Waals surface area contributed by atoms with Crippen molar-refractivity contribution in [3.8, 4) is 0 Å². The summed E-state index contributed by atoms with van der Waals surface area (Å²) >= 11 is 0. The van der Waals surface area contributed by atoms with Crippen LogP contribution in [-0.4, -0.2) is 24.0 Å². The van der Waals surface area contributed by atoms with E-state index >= 15 is 0 Å². The molecule has 3 aliphatic rings. The summed E-state index contributed by atoms with van der Waals surface area (Å²) in [5, 5.41) is 0. The highest BCUT2D eigenvalue weighted by Gasteiger charge is 2.51. The predicted molar refractivity (Wildman–Crippen MR) is 83.1 cm³/mol. The van der Waals surface area contributed by atoms with Crippen LogP contribution in [0.4, 0.5) is 4.39 Å². The van der Waals surface area contributed by atoms with Crippen LogP contribution in [-0.2, 0) is 6.42 Å². The van der Waals surface area contributed by atoms with Gasteiger partial charge >= 0.3 is 0 Å². The maximum Gasteiger partial charge on any atom is 0.123 e. The van der Waals surface area contributed by atoms with Crippen molar-refractivity contribution in [2.24, 2.45) is 17.1 Å². The summed E-state index contributed by atoms with van der Waals surface area (Å²) in [5.74, 6) is 0.623. The molecular weight excluding hydrogens is 263 g/mol. The zero-order chi connectivity index (χ0) is 14.6. The van der Waals surface area contributed by atoms with E-state index in [-0.39, 0.29) is 5.82 Å². The van der Waals surface area contributed by atoms with E-state index in [0.717, 1.165) is 55.1 Å². The summed E-state index contributed by atoms with van der Waals surface area (Å²) in [7, 11) is 0. The van der Waals surface area contributed by atoms with Crippen LogP contribution in [0.1, 0.15) is 36.8 Å². The number of hydrogen-bond donors (Lipinski definition) is 1. The zero-order valence-corrected chi connectivity index (χ0v) is 12.4. The molecule has 0 amide bonds. The molecule has 112 valence electrons. The quantitative estimate of drug-likeness (QED) is 0.921. The lowest BCUT2D eigenvalue weighted by molar-refractivity contribution is -0.0370. The average Bonchev–Trinajstić information content (AvgIpc) is 3.15. The summed E-state index contributed by atoms with van der Waals surface area (Å²) in [5.41, 5.74) is 9.71. The SMILES string of the molecule is C=C(c1ccc(F)cc1CC1CC1)N1CC2(CC(N)C2)C1. The molecule has 1 aromatic rings. The van der Waals surface area contributed by atoms with Gasteiger partial charge in [-0.25, -0.2) is 4.39 Å². The van der Waals surface area contributed by atoms with Gasteiger partial charge in [-0.3, -0.25) is 0 Å². The maximum atomic E-state index is 13.6. The average molecular weight is 286 g/mol. The van der Waals surface area contributed by atoms with Gasteiger partial charge in [-0.2, -0.15) is 0 Å². The minimum Gasteiger partial charge on any atom is -0.370 e. The molecule has 2 N–H and O–H groups in total. The topological polar surface area (TPSA) is 29.3 Å². The van der Waals surface area contributed by atoms with Gasteiger partial charge in [-0.15, -0.1) is 0 Å². The first kappa shape index (κ1) is 13.3. The van der Waals surface area contributed by atoms with Crippen molar-refractivity contribution in [3.63, 3.8) is 0 Å². The van der Waals surface area contributed by atoms with Gasteiger partial charge in [-0.05, 0) is 61.8 Å². The zero-order valence-electron chi connectivity index (χ0n) is 12.4. The van der Waals surface area contributed by atoms with Crippen LogP contribution in [0.3, 0.4) is 0 Å². The number of halogens is 1. The standard InChI is InChI=1S/C18H23FN2/c1-12(21-10-18(11-21)8-16(20)9-18)17-5-4-15(19)7-14(17)6-13-2-3-13/h4-5,7,13,16H,1-3,6,8-11,20H2. The number of nitrogens with zero attached hydrogens (tertiary/aromatic N) is 1. The molecule has 1 aromatic carbocycles. The Morgan fingerprint density at radius 2 is 2.05 bits per heavy atom. The van der Waals surface area contributed by atoms with E-state index in [4.69, 9.17) is 5.73 Å². The Labute approximate surface area is 125 Å². The minimum atomic E-state index is -0.132. The van der Waals surface area contributed by atoms with Crippen LogP contribution in [0.5, 0.6) is 0 Å². The molecule has 2 aliphatic carbocycles. The van der Waals surface area contributed by atoms with Gasteiger partial charge < -0.3 is 10.6 Å². The second-order valence-electron chi connectivity index (χ2n) is 7.42. The molecule has 3 fully saturated rings. The molecule has 1 saturated heterocycles. The lowest BCUT2D eigenvalue weighted by Crippen LogP contribution is -2.64. The normalized spacial score (nSPS) is 23.8. The van der Waals surface area contributed by atoms with Crippen LogP contribution >= 0.6 is 0 Å². The lowest BCUT2D eigenvalue weighted by atomic mass is 9.61. The molecule has 0 radical (unpaired) electrons. The summed E-state index contributed by atoms with van der Waals surface area (Å²) in [6, 6.07) is 5.57. The van der Waals surface area contributed by atoms with Gasteiger partial charge in [0.15, 0.2) is 0 Å². The van der Waals surface area contributed by atoms with E-state index in [0.29, 0.717) is 11.5 Å². The van der Waals surface area contributed by atoms with E-state index in [1.54, 1.807) is 12.1 Å². The summed E-state index contributed by atoms with van der Waals surface area (Å²) in [4.78, 5) is 2.34. The van der Waals surface area contributed by atoms with Gasteiger partial charge in [-0.1, -0.05) is 6.58 Å². The molecule has 0 aromatic heterocycles. The van der Waals surface area contributed by atoms with Crippen molar-refractivity contribution < 1.29 is 4.39 Å². The first-order valence-corrected chi connectivity index (χ1v) is 8.03. The number of benzene rings is 1. The molecule has 3 heteroatoms. The van der Waals surface area contributed by atoms with E-state index in [1.165, 1.54) is 12.8 Å². The van der Waals surface area contributed by atoms with Crippen LogP contribution in [0.15, 0.2) is 24.8 Å². The van der Waals surface area contributed by atoms with Crippen molar-refractivity contribution in [1.29, 1.82) is 0 Å². The highest BCUT2D eigenvalue weighted by Crippen LogP contribution is 2.50. The van der Waals surface area contributed by atoms with Gasteiger partial charge in [0.2, 0.25) is 0 Å². The third-order valence-corrected chi connectivity index (χ3v) is 5.41. The summed E-state index contributed by atoms with van der Waals surface area (Å²) < 4.78 is 13.6. The third kappa shape index (κ3) is 2.38. The van der Waals surface area contributed by atoms with Crippen molar-refractivity contribution >= 4 is 5.70 Å². The predicted octanol–water partition coefficient (Wildman–Crippen LogP) is 3.17.